The van der Waals surface area contributed by atoms with Crippen LogP contribution in [0.25, 0.3) is 0 Å². The zero-order valence-corrected chi connectivity index (χ0v) is 12.6. The van der Waals surface area contributed by atoms with E-state index in [0.717, 1.165) is 6.42 Å². The first kappa shape index (κ1) is 15.1. The zero-order valence-electron chi connectivity index (χ0n) is 11.9. The fourth-order valence-electron chi connectivity index (χ4n) is 2.94. The average Bonchev–Trinajstić information content (AvgIpc) is 2.48. The fourth-order valence-corrected chi connectivity index (χ4v) is 3.13. The summed E-state index contributed by atoms with van der Waals surface area (Å²) in [5, 5.41) is 3.42. The summed E-state index contributed by atoms with van der Waals surface area (Å²) in [6.07, 6.45) is 7.14. The van der Waals surface area contributed by atoms with E-state index in [2.05, 4.69) is 17.2 Å². The Bertz CT molecular complexity index is 472. The van der Waals surface area contributed by atoms with E-state index in [4.69, 9.17) is 17.3 Å². The first-order valence-corrected chi connectivity index (χ1v) is 7.72. The van der Waals surface area contributed by atoms with Crippen molar-refractivity contribution in [2.45, 2.75) is 51.5 Å². The highest BCUT2D eigenvalue weighted by atomic mass is 35.5. The molecule has 1 unspecified atom stereocenters. The number of amides is 1. The normalized spacial score (nSPS) is 17.7. The summed E-state index contributed by atoms with van der Waals surface area (Å²) in [4.78, 5) is 16.4. The molecule has 5 heteroatoms. The lowest BCUT2D eigenvalue weighted by Crippen LogP contribution is -2.41. The van der Waals surface area contributed by atoms with Gasteiger partial charge in [0.05, 0.1) is 5.02 Å². The summed E-state index contributed by atoms with van der Waals surface area (Å²) < 4.78 is 0. The maximum absolute atomic E-state index is 12.3. The molecule has 2 rings (SSSR count). The van der Waals surface area contributed by atoms with Crippen LogP contribution in [-0.2, 0) is 0 Å². The first-order chi connectivity index (χ1) is 9.61. The highest BCUT2D eigenvalue weighted by Crippen LogP contribution is 2.28. The summed E-state index contributed by atoms with van der Waals surface area (Å²) in [6, 6.07) is 3.40. The second kappa shape index (κ2) is 6.93. The third-order valence-corrected chi connectivity index (χ3v) is 4.36. The van der Waals surface area contributed by atoms with Crippen molar-refractivity contribution < 1.29 is 4.79 Å². The molecular weight excluding hydrogens is 274 g/mol. The van der Waals surface area contributed by atoms with Gasteiger partial charge in [0.1, 0.15) is 11.5 Å². The van der Waals surface area contributed by atoms with E-state index in [1.165, 1.54) is 32.1 Å². The van der Waals surface area contributed by atoms with E-state index in [-0.39, 0.29) is 17.6 Å². The highest BCUT2D eigenvalue weighted by Gasteiger charge is 2.25. The van der Waals surface area contributed by atoms with Crippen molar-refractivity contribution in [3.8, 4) is 0 Å². The van der Waals surface area contributed by atoms with Crippen LogP contribution in [0.15, 0.2) is 12.1 Å². The molecule has 1 aromatic heterocycles. The number of hydrogen-bond acceptors (Lipinski definition) is 3. The van der Waals surface area contributed by atoms with Crippen molar-refractivity contribution >= 4 is 23.3 Å². The van der Waals surface area contributed by atoms with Crippen LogP contribution in [0.3, 0.4) is 0 Å². The van der Waals surface area contributed by atoms with Gasteiger partial charge in [0, 0.05) is 6.04 Å². The van der Waals surface area contributed by atoms with Crippen LogP contribution in [0.1, 0.15) is 55.9 Å². The van der Waals surface area contributed by atoms with Crippen LogP contribution in [-0.4, -0.2) is 16.9 Å². The molecule has 3 N–H and O–H groups in total. The molecule has 20 heavy (non-hydrogen) atoms. The Morgan fingerprint density at radius 2 is 2.15 bits per heavy atom. The molecule has 4 nitrogen and oxygen atoms in total. The molecule has 1 atom stereocenters. The number of nitrogens with one attached hydrogen (secondary N) is 1. The van der Waals surface area contributed by atoms with E-state index in [1.54, 1.807) is 12.1 Å². The lowest BCUT2D eigenvalue weighted by atomic mass is 9.83. The van der Waals surface area contributed by atoms with Crippen molar-refractivity contribution in [1.82, 2.24) is 10.3 Å². The number of aromatic nitrogens is 1. The minimum atomic E-state index is -0.222. The highest BCUT2D eigenvalue weighted by molar-refractivity contribution is 6.33. The fraction of sp³-hybridized carbons (Fsp3) is 0.600. The molecule has 1 aliphatic carbocycles. The molecule has 0 aliphatic heterocycles. The Balaban J connectivity index is 2.06. The Labute approximate surface area is 125 Å². The number of carbonyl (C=O) groups is 1. The van der Waals surface area contributed by atoms with Gasteiger partial charge in [0.2, 0.25) is 0 Å². The monoisotopic (exact) mass is 295 g/mol. The number of pyridine rings is 1. The number of hydrogen-bond donors (Lipinski definition) is 2. The van der Waals surface area contributed by atoms with Crippen molar-refractivity contribution in [3.05, 3.63) is 22.8 Å². The standard InChI is InChI=1S/C15H22ClN3O/c1-2-12(10-6-4-3-5-7-10)18-15(20)14-11(16)8-9-13(17)19-14/h8-10,12H,2-7H2,1H3,(H2,17,19)(H,18,20). The van der Waals surface area contributed by atoms with E-state index in [9.17, 15) is 4.79 Å². The molecule has 1 fully saturated rings. The molecule has 1 aromatic rings. The van der Waals surface area contributed by atoms with Gasteiger partial charge in [0.15, 0.2) is 0 Å². The topological polar surface area (TPSA) is 68.0 Å². The molecule has 0 radical (unpaired) electrons. The van der Waals surface area contributed by atoms with Gasteiger partial charge in [0.25, 0.3) is 5.91 Å². The van der Waals surface area contributed by atoms with Crippen molar-refractivity contribution in [3.63, 3.8) is 0 Å². The summed E-state index contributed by atoms with van der Waals surface area (Å²) in [7, 11) is 0. The van der Waals surface area contributed by atoms with Crippen LogP contribution >= 0.6 is 11.6 Å². The van der Waals surface area contributed by atoms with Crippen molar-refractivity contribution in [2.75, 3.05) is 5.73 Å². The molecule has 0 spiro atoms. The van der Waals surface area contributed by atoms with Gasteiger partial charge >= 0.3 is 0 Å². The van der Waals surface area contributed by atoms with E-state index in [0.29, 0.717) is 16.8 Å². The number of carbonyl (C=O) groups excluding carboxylic acids is 1. The van der Waals surface area contributed by atoms with Gasteiger partial charge in [-0.3, -0.25) is 4.79 Å². The Morgan fingerprint density at radius 1 is 1.45 bits per heavy atom. The molecular formula is C15H22ClN3O. The summed E-state index contributed by atoms with van der Waals surface area (Å²) in [5.41, 5.74) is 5.84. The molecule has 0 bridgehead atoms. The lowest BCUT2D eigenvalue weighted by Gasteiger charge is -2.30. The van der Waals surface area contributed by atoms with Crippen LogP contribution < -0.4 is 11.1 Å². The van der Waals surface area contributed by atoms with Crippen LogP contribution in [0.5, 0.6) is 0 Å². The number of nitrogen functional groups attached to an aromatic ring is 1. The second-order valence-corrected chi connectivity index (χ2v) is 5.86. The number of halogens is 1. The maximum Gasteiger partial charge on any atom is 0.271 e. The third-order valence-electron chi connectivity index (χ3n) is 4.06. The summed E-state index contributed by atoms with van der Waals surface area (Å²) >= 11 is 6.02. The molecule has 0 aromatic carbocycles. The van der Waals surface area contributed by atoms with Gasteiger partial charge < -0.3 is 11.1 Å². The van der Waals surface area contributed by atoms with Crippen molar-refractivity contribution in [2.24, 2.45) is 5.92 Å². The van der Waals surface area contributed by atoms with Gasteiger partial charge in [-0.05, 0) is 37.3 Å². The van der Waals surface area contributed by atoms with E-state index in [1.807, 2.05) is 0 Å². The van der Waals surface area contributed by atoms with Gasteiger partial charge in [-0.15, -0.1) is 0 Å². The predicted octanol–water partition coefficient (Wildman–Crippen LogP) is 3.41. The summed E-state index contributed by atoms with van der Waals surface area (Å²) in [5.74, 6) is 0.655. The Kier molecular flexibility index (Phi) is 5.24. The average molecular weight is 296 g/mol. The second-order valence-electron chi connectivity index (χ2n) is 5.45. The zero-order chi connectivity index (χ0) is 14.5. The lowest BCUT2D eigenvalue weighted by molar-refractivity contribution is 0.0906. The predicted molar refractivity (Wildman–Crippen MR) is 81.8 cm³/mol. The number of nitrogens with two attached hydrogens (primary N) is 1. The molecule has 1 saturated carbocycles. The third kappa shape index (κ3) is 3.63. The van der Waals surface area contributed by atoms with E-state index >= 15 is 0 Å². The first-order valence-electron chi connectivity index (χ1n) is 7.34. The minimum Gasteiger partial charge on any atom is -0.384 e. The molecule has 1 heterocycles. The van der Waals surface area contributed by atoms with Gasteiger partial charge in [-0.25, -0.2) is 4.98 Å². The Morgan fingerprint density at radius 3 is 2.80 bits per heavy atom. The number of anilines is 1. The van der Waals surface area contributed by atoms with Crippen LogP contribution in [0, 0.1) is 5.92 Å². The molecule has 0 saturated heterocycles. The Hall–Kier alpha value is -1.29. The van der Waals surface area contributed by atoms with Crippen LogP contribution in [0.2, 0.25) is 5.02 Å². The quantitative estimate of drug-likeness (QED) is 0.894. The smallest absolute Gasteiger partial charge is 0.271 e. The van der Waals surface area contributed by atoms with Crippen molar-refractivity contribution in [1.29, 1.82) is 0 Å². The largest absolute Gasteiger partial charge is 0.384 e. The molecule has 1 amide bonds. The van der Waals surface area contributed by atoms with E-state index < -0.39 is 0 Å². The number of rotatable bonds is 4. The number of nitrogens with zero attached hydrogens (tertiary/aromatic N) is 1. The van der Waals surface area contributed by atoms with Crippen LogP contribution in [0.4, 0.5) is 5.82 Å². The SMILES string of the molecule is CCC(NC(=O)c1nc(N)ccc1Cl)C1CCCCC1. The van der Waals surface area contributed by atoms with Gasteiger partial charge in [-0.2, -0.15) is 0 Å². The molecule has 1 aliphatic rings. The maximum atomic E-state index is 12.3. The minimum absolute atomic E-state index is 0.196. The summed E-state index contributed by atoms with van der Waals surface area (Å²) in [6.45, 7) is 2.11. The van der Waals surface area contributed by atoms with Gasteiger partial charge in [-0.1, -0.05) is 37.8 Å². The molecule has 110 valence electrons.